The molecule has 0 bridgehead atoms. The van der Waals surface area contributed by atoms with Crippen molar-refractivity contribution in [2.75, 3.05) is 6.61 Å². The van der Waals surface area contributed by atoms with Gasteiger partial charge in [0.1, 0.15) is 30.8 Å². The molecule has 1 saturated heterocycles. The van der Waals surface area contributed by atoms with Crippen molar-refractivity contribution >= 4 is 5.97 Å². The van der Waals surface area contributed by atoms with Crippen molar-refractivity contribution in [1.29, 1.82) is 0 Å². The molecule has 0 amide bonds. The number of ether oxygens (including phenoxy) is 1. The highest BCUT2D eigenvalue weighted by atomic mass is 16.7. The highest BCUT2D eigenvalue weighted by molar-refractivity contribution is 5.68. The fraction of sp³-hybridized carbons (Fsp3) is 0.875. The van der Waals surface area contributed by atoms with Crippen LogP contribution in [0.2, 0.25) is 0 Å². The van der Waals surface area contributed by atoms with Crippen LogP contribution in [-0.2, 0) is 9.53 Å². The van der Waals surface area contributed by atoms with E-state index in [1.807, 2.05) is 0 Å². The first-order valence-electron chi connectivity index (χ1n) is 4.59. The van der Waals surface area contributed by atoms with E-state index in [4.69, 9.17) is 14.9 Å². The van der Waals surface area contributed by atoms with Gasteiger partial charge in [-0.3, -0.25) is 4.79 Å². The summed E-state index contributed by atoms with van der Waals surface area (Å²) in [6.07, 6.45) is -7.71. The van der Waals surface area contributed by atoms with Crippen LogP contribution in [0.3, 0.4) is 0 Å². The first kappa shape index (κ1) is 13.3. The summed E-state index contributed by atoms with van der Waals surface area (Å²) in [6.45, 7) is -0.729. The minimum absolute atomic E-state index is 0.729. The van der Waals surface area contributed by atoms with Crippen molar-refractivity contribution in [2.24, 2.45) is 0 Å². The quantitative estimate of drug-likeness (QED) is 0.298. The summed E-state index contributed by atoms with van der Waals surface area (Å²) in [5.74, 6) is -3.99. The molecule has 0 spiro atoms. The first-order chi connectivity index (χ1) is 7.31. The van der Waals surface area contributed by atoms with E-state index in [0.29, 0.717) is 0 Å². The van der Waals surface area contributed by atoms with Gasteiger partial charge < -0.3 is 35.4 Å². The molecule has 16 heavy (non-hydrogen) atoms. The normalized spacial score (nSPS) is 44.3. The molecule has 5 atom stereocenters. The Hall–Kier alpha value is -0.770. The Balaban J connectivity index is 2.89. The van der Waals surface area contributed by atoms with Crippen LogP contribution in [0.4, 0.5) is 0 Å². The zero-order valence-corrected chi connectivity index (χ0v) is 8.22. The third-order valence-electron chi connectivity index (χ3n) is 2.46. The lowest BCUT2D eigenvalue weighted by Crippen LogP contribution is -2.65. The van der Waals surface area contributed by atoms with Gasteiger partial charge in [0.05, 0.1) is 6.61 Å². The number of aliphatic hydroxyl groups excluding tert-OH is 4. The van der Waals surface area contributed by atoms with Crippen LogP contribution in [-0.4, -0.2) is 73.4 Å². The molecule has 1 fully saturated rings. The third kappa shape index (κ3) is 2.32. The monoisotopic (exact) mass is 238 g/mol. The number of aliphatic carboxylic acids is 1. The van der Waals surface area contributed by atoms with Gasteiger partial charge in [0.25, 0.3) is 0 Å². The first-order valence-corrected chi connectivity index (χ1v) is 4.59. The Labute approximate surface area is 90.3 Å². The fourth-order valence-electron chi connectivity index (χ4n) is 1.58. The number of carboxylic acids is 1. The third-order valence-corrected chi connectivity index (χ3v) is 2.46. The van der Waals surface area contributed by atoms with E-state index in [1.165, 1.54) is 0 Å². The number of aliphatic hydroxyl groups is 5. The Morgan fingerprint density at radius 2 is 1.81 bits per heavy atom. The number of carbonyl (C=O) groups is 1. The van der Waals surface area contributed by atoms with Crippen molar-refractivity contribution < 1.29 is 40.2 Å². The van der Waals surface area contributed by atoms with Crippen molar-refractivity contribution in [3.05, 3.63) is 0 Å². The molecule has 0 aromatic heterocycles. The van der Waals surface area contributed by atoms with Crippen molar-refractivity contribution in [3.63, 3.8) is 0 Å². The van der Waals surface area contributed by atoms with Crippen molar-refractivity contribution in [1.82, 2.24) is 0 Å². The topological polar surface area (TPSA) is 148 Å². The van der Waals surface area contributed by atoms with Crippen molar-refractivity contribution in [2.45, 2.75) is 36.6 Å². The molecule has 8 nitrogen and oxygen atoms in total. The molecular weight excluding hydrogens is 224 g/mol. The van der Waals surface area contributed by atoms with Gasteiger partial charge in [-0.25, -0.2) is 0 Å². The van der Waals surface area contributed by atoms with Crippen molar-refractivity contribution in [3.8, 4) is 0 Å². The van der Waals surface area contributed by atoms with E-state index in [2.05, 4.69) is 0 Å². The fourth-order valence-corrected chi connectivity index (χ4v) is 1.58. The van der Waals surface area contributed by atoms with Crippen LogP contribution < -0.4 is 0 Å². The van der Waals surface area contributed by atoms with Crippen LogP contribution in [0.15, 0.2) is 0 Å². The molecule has 94 valence electrons. The number of hydrogen-bond donors (Lipinski definition) is 6. The maximum atomic E-state index is 10.4. The summed E-state index contributed by atoms with van der Waals surface area (Å²) in [5, 5.41) is 55.0. The maximum absolute atomic E-state index is 10.4. The molecule has 0 aliphatic carbocycles. The predicted octanol–water partition coefficient (Wildman–Crippen LogP) is -3.38. The minimum atomic E-state index is -2.53. The summed E-state index contributed by atoms with van der Waals surface area (Å²) in [6, 6.07) is 0. The van der Waals surface area contributed by atoms with E-state index < -0.39 is 49.2 Å². The standard InChI is InChI=1S/C8H14O8/c9-2-3-5(12)6(13)7(14)8(15,16-3)1-4(10)11/h3,5-7,9,12-15H,1-2H2,(H,10,11)/t3-,5-,6+,7+,8+/m1/s1. The van der Waals surface area contributed by atoms with E-state index >= 15 is 0 Å². The SMILES string of the molecule is O=C(O)C[C@]1(O)O[C@H](CO)[C@@H](O)[C@H](O)[C@@H]1O. The lowest BCUT2D eigenvalue weighted by Gasteiger charge is -2.44. The summed E-state index contributed by atoms with van der Waals surface area (Å²) >= 11 is 0. The predicted molar refractivity (Wildman–Crippen MR) is 47.2 cm³/mol. The molecule has 0 aromatic rings. The van der Waals surface area contributed by atoms with Crippen LogP contribution in [0.1, 0.15) is 6.42 Å². The van der Waals surface area contributed by atoms with Gasteiger partial charge >= 0.3 is 5.97 Å². The van der Waals surface area contributed by atoms with Gasteiger partial charge in [-0.05, 0) is 0 Å². The minimum Gasteiger partial charge on any atom is -0.481 e. The van der Waals surface area contributed by atoms with E-state index in [0.717, 1.165) is 0 Å². The molecule has 6 N–H and O–H groups in total. The number of rotatable bonds is 3. The Morgan fingerprint density at radius 1 is 1.25 bits per heavy atom. The molecule has 0 radical (unpaired) electrons. The largest absolute Gasteiger partial charge is 0.481 e. The average Bonchev–Trinajstić information content (AvgIpc) is 2.20. The second-order valence-corrected chi connectivity index (χ2v) is 3.68. The maximum Gasteiger partial charge on any atom is 0.308 e. The lowest BCUT2D eigenvalue weighted by molar-refractivity contribution is -0.349. The molecule has 1 aliphatic heterocycles. The van der Waals surface area contributed by atoms with Crippen LogP contribution >= 0.6 is 0 Å². The van der Waals surface area contributed by atoms with Gasteiger partial charge in [-0.2, -0.15) is 0 Å². The van der Waals surface area contributed by atoms with Gasteiger partial charge in [-0.15, -0.1) is 0 Å². The number of hydrogen-bond acceptors (Lipinski definition) is 7. The second kappa shape index (κ2) is 4.62. The van der Waals surface area contributed by atoms with Gasteiger partial charge in [0.15, 0.2) is 0 Å². The second-order valence-electron chi connectivity index (χ2n) is 3.68. The lowest BCUT2D eigenvalue weighted by atomic mass is 9.91. The molecule has 0 saturated carbocycles. The van der Waals surface area contributed by atoms with E-state index in [1.54, 1.807) is 0 Å². The Morgan fingerprint density at radius 3 is 2.25 bits per heavy atom. The molecule has 1 aliphatic rings. The number of carboxylic acid groups (broad SMARTS) is 1. The molecule has 0 unspecified atom stereocenters. The van der Waals surface area contributed by atoms with Crippen LogP contribution in [0, 0.1) is 0 Å². The molecular formula is C8H14O8. The van der Waals surface area contributed by atoms with Gasteiger partial charge in [-0.1, -0.05) is 0 Å². The Kier molecular flexibility index (Phi) is 3.84. The zero-order chi connectivity index (χ0) is 12.5. The highest BCUT2D eigenvalue weighted by Crippen LogP contribution is 2.30. The summed E-state index contributed by atoms with van der Waals surface area (Å²) in [7, 11) is 0. The summed E-state index contributed by atoms with van der Waals surface area (Å²) in [5.41, 5.74) is 0. The van der Waals surface area contributed by atoms with E-state index in [9.17, 15) is 25.2 Å². The van der Waals surface area contributed by atoms with Gasteiger partial charge in [0, 0.05) is 0 Å². The van der Waals surface area contributed by atoms with Gasteiger partial charge in [0.2, 0.25) is 5.79 Å². The van der Waals surface area contributed by atoms with Crippen LogP contribution in [0.25, 0.3) is 0 Å². The highest BCUT2D eigenvalue weighted by Gasteiger charge is 2.53. The molecule has 1 rings (SSSR count). The zero-order valence-electron chi connectivity index (χ0n) is 8.22. The molecule has 8 heteroatoms. The van der Waals surface area contributed by atoms with Crippen LogP contribution in [0.5, 0.6) is 0 Å². The smallest absolute Gasteiger partial charge is 0.308 e. The molecule has 0 aromatic carbocycles. The Bertz CT molecular complexity index is 267. The van der Waals surface area contributed by atoms with E-state index in [-0.39, 0.29) is 0 Å². The summed E-state index contributed by atoms with van der Waals surface area (Å²) in [4.78, 5) is 10.4. The average molecular weight is 238 g/mol. The molecule has 1 heterocycles. The summed E-state index contributed by atoms with van der Waals surface area (Å²) < 4.78 is 4.69.